The van der Waals surface area contributed by atoms with Crippen molar-refractivity contribution in [1.29, 1.82) is 0 Å². The van der Waals surface area contributed by atoms with Crippen molar-refractivity contribution in [1.82, 2.24) is 4.68 Å². The van der Waals surface area contributed by atoms with Gasteiger partial charge in [0.2, 0.25) is 4.80 Å². The molecule has 0 N–H and O–H groups in total. The molecule has 5 heteroatoms. The highest BCUT2D eigenvalue weighted by molar-refractivity contribution is 7.07. The third-order valence-electron chi connectivity index (χ3n) is 2.48. The minimum Gasteiger partial charge on any atom is -0.497 e. The molecule has 94 valence electrons. The summed E-state index contributed by atoms with van der Waals surface area (Å²) in [5, 5.41) is 6.47. The molecule has 0 bridgehead atoms. The van der Waals surface area contributed by atoms with E-state index in [-0.39, 0.29) is 0 Å². The first kappa shape index (κ1) is 12.6. The van der Waals surface area contributed by atoms with Crippen LogP contribution >= 0.6 is 11.3 Å². The molecule has 1 aromatic carbocycles. The highest BCUT2D eigenvalue weighted by Gasteiger charge is 1.97. The summed E-state index contributed by atoms with van der Waals surface area (Å²) >= 11 is 1.58. The van der Waals surface area contributed by atoms with E-state index in [1.807, 2.05) is 47.5 Å². The van der Waals surface area contributed by atoms with Gasteiger partial charge in [-0.3, -0.25) is 4.99 Å². The fourth-order valence-electron chi connectivity index (χ4n) is 1.49. The van der Waals surface area contributed by atoms with Gasteiger partial charge in [-0.1, -0.05) is 0 Å². The number of hydrogen-bond donors (Lipinski definition) is 0. The van der Waals surface area contributed by atoms with Gasteiger partial charge in [0.05, 0.1) is 19.0 Å². The first-order valence-electron chi connectivity index (χ1n) is 5.53. The molecule has 0 radical (unpaired) electrons. The molecule has 0 amide bonds. The molecule has 0 unspecified atom stereocenters. The second-order valence-electron chi connectivity index (χ2n) is 3.71. The van der Waals surface area contributed by atoms with Crippen LogP contribution in [0.4, 0.5) is 0 Å². The van der Waals surface area contributed by atoms with Crippen molar-refractivity contribution < 1.29 is 4.74 Å². The van der Waals surface area contributed by atoms with E-state index in [9.17, 15) is 0 Å². The molecule has 2 rings (SSSR count). The summed E-state index contributed by atoms with van der Waals surface area (Å²) in [5.74, 6) is 0.843. The summed E-state index contributed by atoms with van der Waals surface area (Å²) in [6.45, 7) is 2.01. The second-order valence-corrected chi connectivity index (χ2v) is 4.55. The normalized spacial score (nSPS) is 12.3. The molecule has 1 heterocycles. The molecular formula is C13H15N3OS. The molecule has 0 saturated heterocycles. The zero-order valence-electron chi connectivity index (χ0n) is 10.6. The molecule has 0 atom stereocenters. The minimum atomic E-state index is 0.843. The van der Waals surface area contributed by atoms with Gasteiger partial charge in [0.15, 0.2) is 0 Å². The summed E-state index contributed by atoms with van der Waals surface area (Å²) in [4.78, 5) is 5.07. The number of benzene rings is 1. The lowest BCUT2D eigenvalue weighted by atomic mass is 10.2. The smallest absolute Gasteiger partial charge is 0.205 e. The number of aromatic nitrogens is 1. The van der Waals surface area contributed by atoms with Crippen LogP contribution in [0, 0.1) is 6.92 Å². The molecule has 1 aromatic heterocycles. The van der Waals surface area contributed by atoms with Gasteiger partial charge in [0.25, 0.3) is 0 Å². The lowest BCUT2D eigenvalue weighted by Crippen LogP contribution is -2.11. The van der Waals surface area contributed by atoms with Crippen LogP contribution in [0.3, 0.4) is 0 Å². The third kappa shape index (κ3) is 2.68. The minimum absolute atomic E-state index is 0.843. The SMILES string of the molecule is CN=c1scc(C)n1/N=C/c1ccc(OC)cc1. The number of methoxy groups -OCH3 is 1. The second kappa shape index (κ2) is 5.64. The Morgan fingerprint density at radius 2 is 2.00 bits per heavy atom. The van der Waals surface area contributed by atoms with E-state index in [2.05, 4.69) is 10.1 Å². The number of aryl methyl sites for hydroxylation is 1. The maximum absolute atomic E-state index is 5.11. The Labute approximate surface area is 110 Å². The van der Waals surface area contributed by atoms with E-state index in [1.54, 1.807) is 25.5 Å². The summed E-state index contributed by atoms with van der Waals surface area (Å²) in [7, 11) is 3.42. The van der Waals surface area contributed by atoms with E-state index in [4.69, 9.17) is 4.74 Å². The van der Waals surface area contributed by atoms with Gasteiger partial charge in [0, 0.05) is 12.4 Å². The highest BCUT2D eigenvalue weighted by Crippen LogP contribution is 2.10. The average Bonchev–Trinajstić information content (AvgIpc) is 2.77. The standard InChI is InChI=1S/C13H15N3OS/c1-10-9-18-13(14-2)16(10)15-8-11-4-6-12(17-3)7-5-11/h4-9H,1-3H3/b14-13?,15-8+. The van der Waals surface area contributed by atoms with Crippen LogP contribution in [0.1, 0.15) is 11.3 Å². The molecule has 0 saturated carbocycles. The first-order chi connectivity index (χ1) is 8.74. The lowest BCUT2D eigenvalue weighted by Gasteiger charge is -1.99. The van der Waals surface area contributed by atoms with E-state index in [0.29, 0.717) is 0 Å². The van der Waals surface area contributed by atoms with Crippen LogP contribution in [-0.4, -0.2) is 25.0 Å². The van der Waals surface area contributed by atoms with E-state index in [1.165, 1.54) is 0 Å². The Kier molecular flexibility index (Phi) is 3.94. The van der Waals surface area contributed by atoms with Crippen molar-refractivity contribution in [2.75, 3.05) is 14.2 Å². The molecule has 0 fully saturated rings. The van der Waals surface area contributed by atoms with E-state index in [0.717, 1.165) is 21.8 Å². The fraction of sp³-hybridized carbons (Fsp3) is 0.231. The Hall–Kier alpha value is -1.88. The van der Waals surface area contributed by atoms with Crippen LogP contribution in [0.2, 0.25) is 0 Å². The highest BCUT2D eigenvalue weighted by atomic mass is 32.1. The zero-order valence-corrected chi connectivity index (χ0v) is 11.4. The number of rotatable bonds is 3. The maximum atomic E-state index is 5.11. The lowest BCUT2D eigenvalue weighted by molar-refractivity contribution is 0.415. The Morgan fingerprint density at radius 1 is 1.28 bits per heavy atom. The fourth-order valence-corrected chi connectivity index (χ4v) is 2.26. The zero-order chi connectivity index (χ0) is 13.0. The third-order valence-corrected chi connectivity index (χ3v) is 3.50. The Balaban J connectivity index is 2.27. The van der Waals surface area contributed by atoms with Gasteiger partial charge >= 0.3 is 0 Å². The van der Waals surface area contributed by atoms with Crippen LogP contribution in [-0.2, 0) is 0 Å². The number of ether oxygens (including phenoxy) is 1. The predicted octanol–water partition coefficient (Wildman–Crippen LogP) is 2.28. The van der Waals surface area contributed by atoms with Gasteiger partial charge in [-0.15, -0.1) is 11.3 Å². The summed E-state index contributed by atoms with van der Waals surface area (Å²) in [5.41, 5.74) is 2.10. The van der Waals surface area contributed by atoms with Crippen LogP contribution < -0.4 is 9.54 Å². The molecule has 18 heavy (non-hydrogen) atoms. The largest absolute Gasteiger partial charge is 0.497 e. The number of nitrogens with zero attached hydrogens (tertiary/aromatic N) is 3. The van der Waals surface area contributed by atoms with Gasteiger partial charge in [-0.25, -0.2) is 4.68 Å². The van der Waals surface area contributed by atoms with Crippen LogP contribution in [0.15, 0.2) is 39.7 Å². The summed E-state index contributed by atoms with van der Waals surface area (Å²) in [6, 6.07) is 7.76. The van der Waals surface area contributed by atoms with Gasteiger partial charge in [0.1, 0.15) is 5.75 Å². The quantitative estimate of drug-likeness (QED) is 0.781. The van der Waals surface area contributed by atoms with Crippen molar-refractivity contribution >= 4 is 17.6 Å². The molecule has 0 aliphatic rings. The monoisotopic (exact) mass is 261 g/mol. The summed E-state index contributed by atoms with van der Waals surface area (Å²) in [6.07, 6.45) is 1.81. The van der Waals surface area contributed by atoms with Crippen LogP contribution in [0.5, 0.6) is 5.75 Å². The van der Waals surface area contributed by atoms with E-state index >= 15 is 0 Å². The molecule has 0 spiro atoms. The predicted molar refractivity (Wildman–Crippen MR) is 74.5 cm³/mol. The van der Waals surface area contributed by atoms with E-state index < -0.39 is 0 Å². The van der Waals surface area contributed by atoms with Crippen molar-refractivity contribution in [3.05, 3.63) is 45.7 Å². The summed E-state index contributed by atoms with van der Waals surface area (Å²) < 4.78 is 6.94. The average molecular weight is 261 g/mol. The van der Waals surface area contributed by atoms with Gasteiger partial charge in [-0.05, 0) is 36.8 Å². The molecule has 0 aliphatic heterocycles. The van der Waals surface area contributed by atoms with Crippen molar-refractivity contribution in [2.24, 2.45) is 10.1 Å². The topological polar surface area (TPSA) is 38.9 Å². The number of thiazole rings is 1. The van der Waals surface area contributed by atoms with Crippen molar-refractivity contribution in [3.63, 3.8) is 0 Å². The van der Waals surface area contributed by atoms with Crippen molar-refractivity contribution in [2.45, 2.75) is 6.92 Å². The Morgan fingerprint density at radius 3 is 2.61 bits per heavy atom. The van der Waals surface area contributed by atoms with Crippen molar-refractivity contribution in [3.8, 4) is 5.75 Å². The molecular weight excluding hydrogens is 246 g/mol. The number of hydrogen-bond acceptors (Lipinski definition) is 4. The first-order valence-corrected chi connectivity index (χ1v) is 6.41. The maximum Gasteiger partial charge on any atom is 0.205 e. The molecule has 4 nitrogen and oxygen atoms in total. The molecule has 0 aliphatic carbocycles. The van der Waals surface area contributed by atoms with Gasteiger partial charge in [-0.2, -0.15) is 5.10 Å². The van der Waals surface area contributed by atoms with Gasteiger partial charge < -0.3 is 4.74 Å². The Bertz CT molecular complexity index is 608. The van der Waals surface area contributed by atoms with Crippen LogP contribution in [0.25, 0.3) is 0 Å². The molecule has 2 aromatic rings.